The van der Waals surface area contributed by atoms with Gasteiger partial charge in [-0.1, -0.05) is 25.3 Å². The second-order valence-corrected chi connectivity index (χ2v) is 2.26. The highest BCUT2D eigenvalue weighted by atomic mass is 32.2. The van der Waals surface area contributed by atoms with Gasteiger partial charge in [-0.15, -0.1) is 0 Å². The van der Waals surface area contributed by atoms with Gasteiger partial charge in [0.25, 0.3) is 0 Å². The summed E-state index contributed by atoms with van der Waals surface area (Å²) in [5.74, 6) is 0.225. The number of allylic oxidation sites excluding steroid dienone is 3. The van der Waals surface area contributed by atoms with E-state index in [2.05, 4.69) is 21.5 Å². The molecule has 3 nitrogen and oxygen atoms in total. The molecular weight excluding hydrogens is 152 g/mol. The van der Waals surface area contributed by atoms with E-state index in [1.54, 1.807) is 0 Å². The second-order valence-electron chi connectivity index (χ2n) is 1.52. The SMILES string of the molecule is C=CC(C=C)=C1OS(=O)O1. The van der Waals surface area contributed by atoms with Crippen LogP contribution in [0.4, 0.5) is 0 Å². The van der Waals surface area contributed by atoms with Crippen molar-refractivity contribution in [1.29, 1.82) is 0 Å². The Bertz CT molecular complexity index is 209. The predicted octanol–water partition coefficient (Wildman–Crippen LogP) is 1.20. The number of hydrogen-bond donors (Lipinski definition) is 0. The van der Waals surface area contributed by atoms with Crippen LogP contribution in [0.25, 0.3) is 0 Å². The molecule has 0 amide bonds. The summed E-state index contributed by atoms with van der Waals surface area (Å²) < 4.78 is 19.4. The fraction of sp³-hybridized carbons (Fsp3) is 0. The van der Waals surface area contributed by atoms with E-state index in [1.165, 1.54) is 12.2 Å². The van der Waals surface area contributed by atoms with Crippen molar-refractivity contribution < 1.29 is 12.6 Å². The van der Waals surface area contributed by atoms with Crippen LogP contribution in [0.2, 0.25) is 0 Å². The van der Waals surface area contributed by atoms with Gasteiger partial charge in [0.05, 0.1) is 5.57 Å². The number of rotatable bonds is 2. The summed E-state index contributed by atoms with van der Waals surface area (Å²) in [6, 6.07) is 0. The van der Waals surface area contributed by atoms with Gasteiger partial charge in [-0.3, -0.25) is 0 Å². The minimum Gasteiger partial charge on any atom is -0.333 e. The lowest BCUT2D eigenvalue weighted by Crippen LogP contribution is -2.16. The van der Waals surface area contributed by atoms with Gasteiger partial charge in [0, 0.05) is 0 Å². The third-order valence-corrected chi connectivity index (χ3v) is 1.54. The van der Waals surface area contributed by atoms with E-state index >= 15 is 0 Å². The molecule has 0 N–H and O–H groups in total. The molecular formula is C6H6O3S. The molecule has 1 saturated heterocycles. The Labute approximate surface area is 61.5 Å². The molecule has 0 bridgehead atoms. The normalized spacial score (nSPS) is 21.6. The Balaban J connectivity index is 2.75. The zero-order chi connectivity index (χ0) is 7.56. The molecule has 0 saturated carbocycles. The van der Waals surface area contributed by atoms with Crippen LogP contribution in [0.3, 0.4) is 0 Å². The molecule has 54 valence electrons. The van der Waals surface area contributed by atoms with E-state index in [-0.39, 0.29) is 5.95 Å². The Morgan fingerprint density at radius 3 is 2.20 bits per heavy atom. The average Bonchev–Trinajstić information content (AvgIpc) is 1.87. The van der Waals surface area contributed by atoms with Crippen LogP contribution in [0.1, 0.15) is 0 Å². The number of hydrogen-bond acceptors (Lipinski definition) is 3. The molecule has 0 aromatic rings. The van der Waals surface area contributed by atoms with E-state index < -0.39 is 11.4 Å². The van der Waals surface area contributed by atoms with Gasteiger partial charge >= 0.3 is 17.3 Å². The predicted molar refractivity (Wildman–Crippen MR) is 37.7 cm³/mol. The highest BCUT2D eigenvalue weighted by Gasteiger charge is 2.24. The zero-order valence-corrected chi connectivity index (χ0v) is 6.02. The highest BCUT2D eigenvalue weighted by molar-refractivity contribution is 7.76. The van der Waals surface area contributed by atoms with Crippen LogP contribution in [-0.2, 0) is 19.7 Å². The van der Waals surface area contributed by atoms with E-state index in [1.807, 2.05) is 0 Å². The Hall–Kier alpha value is -1.03. The van der Waals surface area contributed by atoms with E-state index in [0.29, 0.717) is 5.57 Å². The summed E-state index contributed by atoms with van der Waals surface area (Å²) in [5, 5.41) is 0. The fourth-order valence-electron chi connectivity index (χ4n) is 0.476. The van der Waals surface area contributed by atoms with Crippen molar-refractivity contribution in [3.8, 4) is 0 Å². The van der Waals surface area contributed by atoms with Gasteiger partial charge in [-0.05, 0) is 0 Å². The Kier molecular flexibility index (Phi) is 1.91. The van der Waals surface area contributed by atoms with Gasteiger partial charge in [-0.2, -0.15) is 4.21 Å². The molecule has 1 rings (SSSR count). The third-order valence-electron chi connectivity index (χ3n) is 0.963. The molecule has 0 unspecified atom stereocenters. The topological polar surface area (TPSA) is 35.5 Å². The highest BCUT2D eigenvalue weighted by Crippen LogP contribution is 2.22. The maximum atomic E-state index is 10.2. The van der Waals surface area contributed by atoms with Crippen molar-refractivity contribution in [3.05, 3.63) is 36.8 Å². The van der Waals surface area contributed by atoms with Crippen molar-refractivity contribution >= 4 is 11.4 Å². The van der Waals surface area contributed by atoms with Gasteiger partial charge in [0.15, 0.2) is 0 Å². The van der Waals surface area contributed by atoms with Crippen molar-refractivity contribution in [2.75, 3.05) is 0 Å². The maximum absolute atomic E-state index is 10.2. The van der Waals surface area contributed by atoms with Gasteiger partial charge < -0.3 is 8.37 Å². The van der Waals surface area contributed by atoms with E-state index in [9.17, 15) is 4.21 Å². The smallest absolute Gasteiger partial charge is 0.333 e. The van der Waals surface area contributed by atoms with Crippen molar-refractivity contribution in [1.82, 2.24) is 0 Å². The van der Waals surface area contributed by atoms with Crippen LogP contribution in [-0.4, -0.2) is 4.21 Å². The van der Waals surface area contributed by atoms with E-state index in [4.69, 9.17) is 0 Å². The molecule has 1 fully saturated rings. The first-order valence-electron chi connectivity index (χ1n) is 2.55. The van der Waals surface area contributed by atoms with Crippen molar-refractivity contribution in [3.63, 3.8) is 0 Å². The fourth-order valence-corrected chi connectivity index (χ4v) is 0.928. The molecule has 10 heavy (non-hydrogen) atoms. The molecule has 0 aliphatic carbocycles. The lowest BCUT2D eigenvalue weighted by Gasteiger charge is -2.16. The first-order chi connectivity index (χ1) is 4.77. The van der Waals surface area contributed by atoms with Crippen molar-refractivity contribution in [2.45, 2.75) is 0 Å². The third kappa shape index (κ3) is 1.11. The first kappa shape index (κ1) is 7.08. The lowest BCUT2D eigenvalue weighted by molar-refractivity contribution is 0.147. The van der Waals surface area contributed by atoms with Crippen LogP contribution in [0.15, 0.2) is 36.8 Å². The quantitative estimate of drug-likeness (QED) is 0.605. The monoisotopic (exact) mass is 158 g/mol. The lowest BCUT2D eigenvalue weighted by atomic mass is 10.3. The zero-order valence-electron chi connectivity index (χ0n) is 5.20. The summed E-state index contributed by atoms with van der Waals surface area (Å²) in [6.45, 7) is 6.94. The molecule has 0 spiro atoms. The molecule has 0 radical (unpaired) electrons. The summed E-state index contributed by atoms with van der Waals surface area (Å²) in [5.41, 5.74) is 0.611. The summed E-state index contributed by atoms with van der Waals surface area (Å²) in [4.78, 5) is 0. The molecule has 1 aliphatic rings. The second kappa shape index (κ2) is 2.70. The van der Waals surface area contributed by atoms with Crippen molar-refractivity contribution in [2.24, 2.45) is 0 Å². The van der Waals surface area contributed by atoms with Gasteiger partial charge in [0.1, 0.15) is 0 Å². The Morgan fingerprint density at radius 2 is 1.90 bits per heavy atom. The van der Waals surface area contributed by atoms with Gasteiger partial charge in [-0.25, -0.2) is 0 Å². The van der Waals surface area contributed by atoms with Crippen LogP contribution in [0.5, 0.6) is 0 Å². The van der Waals surface area contributed by atoms with Gasteiger partial charge in [0.2, 0.25) is 0 Å². The van der Waals surface area contributed by atoms with Crippen LogP contribution < -0.4 is 0 Å². The van der Waals surface area contributed by atoms with Crippen LogP contribution >= 0.6 is 0 Å². The molecule has 4 heteroatoms. The van der Waals surface area contributed by atoms with E-state index in [0.717, 1.165) is 0 Å². The summed E-state index contributed by atoms with van der Waals surface area (Å²) in [6.07, 6.45) is 3.03. The largest absolute Gasteiger partial charge is 0.423 e. The maximum Gasteiger partial charge on any atom is 0.423 e. The molecule has 0 atom stereocenters. The molecule has 1 heterocycles. The molecule has 0 aromatic carbocycles. The van der Waals surface area contributed by atoms with Crippen LogP contribution in [0, 0.1) is 0 Å². The molecule has 0 aromatic heterocycles. The molecule has 1 aliphatic heterocycles. The minimum atomic E-state index is -1.60. The summed E-state index contributed by atoms with van der Waals surface area (Å²) in [7, 11) is 0. The minimum absolute atomic E-state index is 0.225. The Morgan fingerprint density at radius 1 is 1.40 bits per heavy atom. The standard InChI is InChI=1S/C6H6O3S/c1-3-5(4-2)6-8-10(7)9-6/h3-4H,1-2H2. The summed E-state index contributed by atoms with van der Waals surface area (Å²) >= 11 is -1.60. The first-order valence-corrected chi connectivity index (χ1v) is 3.55. The average molecular weight is 158 g/mol.